The van der Waals surface area contributed by atoms with Crippen molar-refractivity contribution in [3.8, 4) is 5.75 Å². The number of pyridine rings is 1. The van der Waals surface area contributed by atoms with Crippen molar-refractivity contribution in [2.45, 2.75) is 45.7 Å². The van der Waals surface area contributed by atoms with Gasteiger partial charge in [0.25, 0.3) is 0 Å². The predicted octanol–water partition coefficient (Wildman–Crippen LogP) is 1.74. The summed E-state index contributed by atoms with van der Waals surface area (Å²) in [5, 5.41) is 3.44. The minimum atomic E-state index is -0.0225. The molecule has 0 saturated carbocycles. The van der Waals surface area contributed by atoms with Crippen LogP contribution in [0.4, 0.5) is 0 Å². The highest BCUT2D eigenvalue weighted by Gasteiger charge is 2.46. The molecule has 0 bridgehead atoms. The Hall–Kier alpha value is -1.66. The molecule has 0 aromatic carbocycles. The summed E-state index contributed by atoms with van der Waals surface area (Å²) in [6.07, 6.45) is 5.13. The highest BCUT2D eigenvalue weighted by Crippen LogP contribution is 2.41. The van der Waals surface area contributed by atoms with Crippen LogP contribution in [0.15, 0.2) is 6.20 Å². The number of carbonyl (C=O) groups is 1. The molecule has 2 aliphatic heterocycles. The summed E-state index contributed by atoms with van der Waals surface area (Å²) >= 11 is 0. The molecule has 1 N–H and O–H groups in total. The van der Waals surface area contributed by atoms with Crippen molar-refractivity contribution in [1.82, 2.24) is 20.1 Å². The summed E-state index contributed by atoms with van der Waals surface area (Å²) in [5.41, 5.74) is 3.25. The second kappa shape index (κ2) is 7.53. The summed E-state index contributed by atoms with van der Waals surface area (Å²) < 4.78 is 5.49. The number of carbonyl (C=O) groups excluding carboxylic acids is 1. The molecule has 1 amide bonds. The Bertz CT molecular complexity index is 670. The number of hydrogen-bond donors (Lipinski definition) is 1. The van der Waals surface area contributed by atoms with E-state index in [2.05, 4.69) is 22.2 Å². The molecule has 26 heavy (non-hydrogen) atoms. The Labute approximate surface area is 156 Å². The second-order valence-electron chi connectivity index (χ2n) is 8.13. The molecule has 1 atom stereocenters. The number of hydrogen-bond acceptors (Lipinski definition) is 5. The van der Waals surface area contributed by atoms with Crippen LogP contribution in [0.2, 0.25) is 0 Å². The molecule has 144 valence electrons. The minimum absolute atomic E-state index is 0.0225. The Morgan fingerprint density at radius 3 is 2.77 bits per heavy atom. The zero-order valence-corrected chi connectivity index (χ0v) is 16.8. The van der Waals surface area contributed by atoms with Crippen molar-refractivity contribution in [1.29, 1.82) is 0 Å². The molecule has 2 aliphatic rings. The summed E-state index contributed by atoms with van der Waals surface area (Å²) in [5.74, 6) is 1.06. The van der Waals surface area contributed by atoms with Crippen LogP contribution in [-0.4, -0.2) is 67.6 Å². The molecule has 1 aromatic heterocycles. The van der Waals surface area contributed by atoms with Gasteiger partial charge in [-0.3, -0.25) is 14.7 Å². The van der Waals surface area contributed by atoms with Crippen LogP contribution >= 0.6 is 0 Å². The number of aryl methyl sites for hydroxylation is 1. The lowest BCUT2D eigenvalue weighted by molar-refractivity contribution is -0.134. The number of methoxy groups -OCH3 is 1. The molecule has 3 rings (SSSR count). The quantitative estimate of drug-likeness (QED) is 0.886. The third kappa shape index (κ3) is 3.58. The van der Waals surface area contributed by atoms with Gasteiger partial charge in [0, 0.05) is 30.9 Å². The van der Waals surface area contributed by atoms with Gasteiger partial charge in [-0.1, -0.05) is 0 Å². The lowest BCUT2D eigenvalue weighted by Gasteiger charge is -2.33. The van der Waals surface area contributed by atoms with Gasteiger partial charge in [0.05, 0.1) is 25.4 Å². The Morgan fingerprint density at radius 2 is 2.12 bits per heavy atom. The van der Waals surface area contributed by atoms with Crippen LogP contribution in [0, 0.1) is 19.3 Å². The topological polar surface area (TPSA) is 57.7 Å². The molecule has 3 heterocycles. The number of nitrogens with zero attached hydrogens (tertiary/aromatic N) is 3. The van der Waals surface area contributed by atoms with Crippen LogP contribution in [0.25, 0.3) is 0 Å². The van der Waals surface area contributed by atoms with Crippen LogP contribution in [-0.2, 0) is 11.3 Å². The minimum Gasteiger partial charge on any atom is -0.496 e. The van der Waals surface area contributed by atoms with Crippen LogP contribution in [0.5, 0.6) is 5.75 Å². The number of likely N-dealkylation sites (tertiary alicyclic amines) is 1. The highest BCUT2D eigenvalue weighted by atomic mass is 16.5. The van der Waals surface area contributed by atoms with Crippen molar-refractivity contribution in [2.75, 3.05) is 40.8 Å². The number of amides is 1. The zero-order chi connectivity index (χ0) is 18.9. The number of aromatic nitrogens is 1. The SMILES string of the molecule is COc1c(C)cnc(CN(C)C(=O)[C@@H]2CC3(CCNCC3)CN2C)c1C. The molecule has 6 nitrogen and oxygen atoms in total. The second-order valence-corrected chi connectivity index (χ2v) is 8.13. The molecule has 0 unspecified atom stereocenters. The van der Waals surface area contributed by atoms with E-state index in [9.17, 15) is 4.79 Å². The van der Waals surface area contributed by atoms with E-state index < -0.39 is 0 Å². The van der Waals surface area contributed by atoms with E-state index >= 15 is 0 Å². The zero-order valence-electron chi connectivity index (χ0n) is 16.8. The largest absolute Gasteiger partial charge is 0.496 e. The molecule has 2 saturated heterocycles. The first-order chi connectivity index (χ1) is 12.4. The van der Waals surface area contributed by atoms with Gasteiger partial charge in [0.15, 0.2) is 0 Å². The van der Waals surface area contributed by atoms with Crippen LogP contribution < -0.4 is 10.1 Å². The molecule has 1 spiro atoms. The first-order valence-corrected chi connectivity index (χ1v) is 9.52. The first-order valence-electron chi connectivity index (χ1n) is 9.52. The maximum atomic E-state index is 13.1. The van der Waals surface area contributed by atoms with Gasteiger partial charge < -0.3 is 15.0 Å². The lowest BCUT2D eigenvalue weighted by Crippen LogP contribution is -2.42. The summed E-state index contributed by atoms with van der Waals surface area (Å²) in [7, 11) is 5.66. The molecule has 0 aliphatic carbocycles. The third-order valence-corrected chi connectivity index (χ3v) is 6.21. The van der Waals surface area contributed by atoms with Gasteiger partial charge in [-0.15, -0.1) is 0 Å². The van der Waals surface area contributed by atoms with Gasteiger partial charge in [0.2, 0.25) is 5.91 Å². The lowest BCUT2D eigenvalue weighted by atomic mass is 9.77. The number of nitrogens with one attached hydrogen (secondary N) is 1. The Balaban J connectivity index is 1.70. The van der Waals surface area contributed by atoms with E-state index in [1.165, 1.54) is 12.8 Å². The van der Waals surface area contributed by atoms with E-state index in [4.69, 9.17) is 4.74 Å². The number of piperidine rings is 1. The standard InChI is InChI=1S/C20H32N4O2/c1-14-11-22-16(15(2)18(14)26-5)12-23(3)19(25)17-10-20(13-24(17)4)6-8-21-9-7-20/h11,17,21H,6-10,12-13H2,1-5H3/t17-/m0/s1. The maximum absolute atomic E-state index is 13.1. The molecule has 0 radical (unpaired) electrons. The van der Waals surface area contributed by atoms with Crippen molar-refractivity contribution >= 4 is 5.91 Å². The van der Waals surface area contributed by atoms with Crippen molar-refractivity contribution in [3.63, 3.8) is 0 Å². The number of likely N-dealkylation sites (N-methyl/N-ethyl adjacent to an activating group) is 2. The van der Waals surface area contributed by atoms with E-state index in [1.54, 1.807) is 7.11 Å². The Kier molecular flexibility index (Phi) is 5.53. The van der Waals surface area contributed by atoms with Crippen molar-refractivity contribution in [3.05, 3.63) is 23.0 Å². The fourth-order valence-electron chi connectivity index (χ4n) is 4.65. The monoisotopic (exact) mass is 360 g/mol. The fourth-order valence-corrected chi connectivity index (χ4v) is 4.65. The van der Waals surface area contributed by atoms with Crippen LogP contribution in [0.3, 0.4) is 0 Å². The van der Waals surface area contributed by atoms with E-state index in [0.717, 1.165) is 48.6 Å². The molecule has 6 heteroatoms. The van der Waals surface area contributed by atoms with Gasteiger partial charge in [-0.05, 0) is 58.7 Å². The predicted molar refractivity (Wildman–Crippen MR) is 102 cm³/mol. The smallest absolute Gasteiger partial charge is 0.240 e. The van der Waals surface area contributed by atoms with Gasteiger partial charge in [-0.25, -0.2) is 0 Å². The summed E-state index contributed by atoms with van der Waals surface area (Å²) in [6, 6.07) is -0.0225. The number of ether oxygens (including phenoxy) is 1. The number of rotatable bonds is 4. The van der Waals surface area contributed by atoms with Crippen molar-refractivity contribution in [2.24, 2.45) is 5.41 Å². The van der Waals surface area contributed by atoms with Crippen molar-refractivity contribution < 1.29 is 9.53 Å². The Morgan fingerprint density at radius 1 is 1.42 bits per heavy atom. The summed E-state index contributed by atoms with van der Waals surface area (Å²) in [6.45, 7) is 7.67. The summed E-state index contributed by atoms with van der Waals surface area (Å²) in [4.78, 5) is 21.7. The van der Waals surface area contributed by atoms with Gasteiger partial charge >= 0.3 is 0 Å². The van der Waals surface area contributed by atoms with Gasteiger partial charge in [-0.2, -0.15) is 0 Å². The molecule has 2 fully saturated rings. The average Bonchev–Trinajstić information content (AvgIpc) is 2.93. The fraction of sp³-hybridized carbons (Fsp3) is 0.700. The molecule has 1 aromatic rings. The normalized spacial score (nSPS) is 22.6. The van der Waals surface area contributed by atoms with E-state index in [-0.39, 0.29) is 11.9 Å². The first kappa shape index (κ1) is 19.1. The van der Waals surface area contributed by atoms with E-state index in [1.807, 2.05) is 32.0 Å². The molecular formula is C20H32N4O2. The maximum Gasteiger partial charge on any atom is 0.240 e. The third-order valence-electron chi connectivity index (χ3n) is 6.21. The highest BCUT2D eigenvalue weighted by molar-refractivity contribution is 5.82. The average molecular weight is 361 g/mol. The molecular weight excluding hydrogens is 328 g/mol. The van der Waals surface area contributed by atoms with Crippen LogP contribution in [0.1, 0.15) is 36.1 Å². The van der Waals surface area contributed by atoms with Gasteiger partial charge in [0.1, 0.15) is 5.75 Å². The van der Waals surface area contributed by atoms with E-state index in [0.29, 0.717) is 12.0 Å².